The van der Waals surface area contributed by atoms with Crippen LogP contribution >= 0.6 is 11.6 Å². The van der Waals surface area contributed by atoms with Crippen LogP contribution in [0.15, 0.2) is 36.7 Å². The number of aryl methyl sites for hydroxylation is 1. The standard InChI is InChI=1S/C13H11ClN4O/c1-8-6-11-13(16-4-5-18(11)17-8)19-12-7-9(15)2-3-10(12)14/h2-7H,15H2,1H3. The van der Waals surface area contributed by atoms with Crippen molar-refractivity contribution < 1.29 is 4.74 Å². The van der Waals surface area contributed by atoms with Crippen molar-refractivity contribution in [1.29, 1.82) is 0 Å². The van der Waals surface area contributed by atoms with Crippen LogP contribution in [0.4, 0.5) is 5.69 Å². The van der Waals surface area contributed by atoms with Crippen LogP contribution in [0.3, 0.4) is 0 Å². The van der Waals surface area contributed by atoms with Gasteiger partial charge in [0, 0.05) is 24.1 Å². The molecule has 1 aromatic carbocycles. The first kappa shape index (κ1) is 11.8. The normalized spacial score (nSPS) is 10.8. The van der Waals surface area contributed by atoms with Gasteiger partial charge in [-0.3, -0.25) is 0 Å². The molecular weight excluding hydrogens is 264 g/mol. The highest BCUT2D eigenvalue weighted by atomic mass is 35.5. The van der Waals surface area contributed by atoms with E-state index in [-0.39, 0.29) is 0 Å². The van der Waals surface area contributed by atoms with Crippen LogP contribution in [0.25, 0.3) is 5.52 Å². The molecule has 0 aliphatic rings. The predicted octanol–water partition coefficient (Wildman–Crippen LogP) is 3.07. The second kappa shape index (κ2) is 4.44. The summed E-state index contributed by atoms with van der Waals surface area (Å²) in [6.45, 7) is 1.91. The molecular formula is C13H11ClN4O. The number of hydrogen-bond acceptors (Lipinski definition) is 4. The molecule has 6 heteroatoms. The first-order valence-corrected chi connectivity index (χ1v) is 6.05. The predicted molar refractivity (Wildman–Crippen MR) is 73.7 cm³/mol. The van der Waals surface area contributed by atoms with Crippen LogP contribution in [0, 0.1) is 6.92 Å². The second-order valence-electron chi connectivity index (χ2n) is 4.14. The van der Waals surface area contributed by atoms with E-state index in [9.17, 15) is 0 Å². The minimum absolute atomic E-state index is 0.440. The Morgan fingerprint density at radius 2 is 2.16 bits per heavy atom. The van der Waals surface area contributed by atoms with Crippen molar-refractivity contribution in [2.75, 3.05) is 5.73 Å². The molecule has 0 aliphatic heterocycles. The van der Waals surface area contributed by atoms with Gasteiger partial charge in [-0.25, -0.2) is 9.50 Å². The molecule has 0 saturated carbocycles. The first-order chi connectivity index (χ1) is 9.13. The quantitative estimate of drug-likeness (QED) is 0.730. The number of hydrogen-bond donors (Lipinski definition) is 1. The zero-order valence-corrected chi connectivity index (χ0v) is 10.9. The number of aromatic nitrogens is 3. The van der Waals surface area contributed by atoms with E-state index in [1.165, 1.54) is 0 Å². The second-order valence-corrected chi connectivity index (χ2v) is 4.55. The first-order valence-electron chi connectivity index (χ1n) is 5.67. The van der Waals surface area contributed by atoms with Crippen molar-refractivity contribution in [3.05, 3.63) is 47.4 Å². The molecule has 0 spiro atoms. The average Bonchev–Trinajstić information content (AvgIpc) is 2.75. The van der Waals surface area contributed by atoms with Gasteiger partial charge in [-0.2, -0.15) is 5.10 Å². The van der Waals surface area contributed by atoms with Gasteiger partial charge in [0.25, 0.3) is 0 Å². The summed E-state index contributed by atoms with van der Waals surface area (Å²) in [4.78, 5) is 4.20. The summed E-state index contributed by atoms with van der Waals surface area (Å²) in [6.07, 6.45) is 3.38. The number of rotatable bonds is 2. The number of anilines is 1. The van der Waals surface area contributed by atoms with Crippen molar-refractivity contribution in [1.82, 2.24) is 14.6 Å². The maximum atomic E-state index is 6.07. The van der Waals surface area contributed by atoms with Crippen molar-refractivity contribution in [2.45, 2.75) is 6.92 Å². The zero-order valence-electron chi connectivity index (χ0n) is 10.2. The SMILES string of the molecule is Cc1cc2c(Oc3cc(N)ccc3Cl)nccn2n1. The molecule has 0 atom stereocenters. The summed E-state index contributed by atoms with van der Waals surface area (Å²) in [7, 11) is 0. The Bertz CT molecular complexity index is 753. The summed E-state index contributed by atoms with van der Waals surface area (Å²) in [5, 5.41) is 4.78. The van der Waals surface area contributed by atoms with Crippen molar-refractivity contribution in [3.8, 4) is 11.6 Å². The average molecular weight is 275 g/mol. The number of fused-ring (bicyclic) bond motifs is 1. The lowest BCUT2D eigenvalue weighted by Crippen LogP contribution is -1.95. The highest BCUT2D eigenvalue weighted by molar-refractivity contribution is 6.32. The van der Waals surface area contributed by atoms with Gasteiger partial charge in [0.05, 0.1) is 10.7 Å². The van der Waals surface area contributed by atoms with E-state index in [1.54, 1.807) is 35.1 Å². The Hall–Kier alpha value is -2.27. The topological polar surface area (TPSA) is 65.4 Å². The van der Waals surface area contributed by atoms with Crippen LogP contribution in [0.5, 0.6) is 11.6 Å². The summed E-state index contributed by atoms with van der Waals surface area (Å²) in [5.41, 5.74) is 7.96. The summed E-state index contributed by atoms with van der Waals surface area (Å²) in [5.74, 6) is 0.914. The third-order valence-electron chi connectivity index (χ3n) is 2.64. The van der Waals surface area contributed by atoms with Gasteiger partial charge in [-0.05, 0) is 25.1 Å². The fourth-order valence-corrected chi connectivity index (χ4v) is 1.96. The van der Waals surface area contributed by atoms with Crippen LogP contribution in [-0.4, -0.2) is 14.6 Å². The van der Waals surface area contributed by atoms with Gasteiger partial charge >= 0.3 is 0 Å². The van der Waals surface area contributed by atoms with Crippen LogP contribution in [-0.2, 0) is 0 Å². The van der Waals surface area contributed by atoms with E-state index in [0.29, 0.717) is 22.3 Å². The van der Waals surface area contributed by atoms with Gasteiger partial charge < -0.3 is 10.5 Å². The molecule has 0 fully saturated rings. The molecule has 2 N–H and O–H groups in total. The van der Waals surface area contributed by atoms with Crippen LogP contribution in [0.1, 0.15) is 5.69 Å². The van der Waals surface area contributed by atoms with Crippen molar-refractivity contribution in [3.63, 3.8) is 0 Å². The summed E-state index contributed by atoms with van der Waals surface area (Å²) < 4.78 is 7.44. The molecule has 0 amide bonds. The molecule has 0 bridgehead atoms. The Morgan fingerprint density at radius 1 is 1.32 bits per heavy atom. The minimum Gasteiger partial charge on any atom is -0.435 e. The fourth-order valence-electron chi connectivity index (χ4n) is 1.80. The number of benzene rings is 1. The maximum absolute atomic E-state index is 6.07. The lowest BCUT2D eigenvalue weighted by atomic mass is 10.3. The molecule has 3 rings (SSSR count). The Kier molecular flexibility index (Phi) is 2.76. The molecule has 2 aromatic heterocycles. The smallest absolute Gasteiger partial charge is 0.245 e. The van der Waals surface area contributed by atoms with Gasteiger partial charge in [-0.1, -0.05) is 11.6 Å². The Morgan fingerprint density at radius 3 is 3.00 bits per heavy atom. The lowest BCUT2D eigenvalue weighted by molar-refractivity contribution is 0.466. The summed E-state index contributed by atoms with van der Waals surface area (Å²) >= 11 is 6.07. The number of nitrogens with two attached hydrogens (primary N) is 1. The number of nitrogen functional groups attached to an aromatic ring is 1. The molecule has 19 heavy (non-hydrogen) atoms. The van der Waals surface area contributed by atoms with Crippen molar-refractivity contribution in [2.24, 2.45) is 0 Å². The van der Waals surface area contributed by atoms with Gasteiger partial charge in [0.15, 0.2) is 0 Å². The van der Waals surface area contributed by atoms with Crippen LogP contribution in [0.2, 0.25) is 5.02 Å². The van der Waals surface area contributed by atoms with Gasteiger partial charge in [0.1, 0.15) is 11.3 Å². The van der Waals surface area contributed by atoms with E-state index in [1.807, 2.05) is 13.0 Å². The molecule has 0 radical (unpaired) electrons. The Balaban J connectivity index is 2.08. The van der Waals surface area contributed by atoms with Gasteiger partial charge in [-0.15, -0.1) is 0 Å². The summed E-state index contributed by atoms with van der Waals surface area (Å²) in [6, 6.07) is 6.96. The van der Waals surface area contributed by atoms with E-state index in [2.05, 4.69) is 10.1 Å². The lowest BCUT2D eigenvalue weighted by Gasteiger charge is -2.08. The highest BCUT2D eigenvalue weighted by Gasteiger charge is 2.10. The van der Waals surface area contributed by atoms with Crippen molar-refractivity contribution >= 4 is 22.8 Å². The zero-order chi connectivity index (χ0) is 13.4. The molecule has 2 heterocycles. The van der Waals surface area contributed by atoms with E-state index < -0.39 is 0 Å². The van der Waals surface area contributed by atoms with E-state index >= 15 is 0 Å². The largest absolute Gasteiger partial charge is 0.435 e. The number of ether oxygens (including phenoxy) is 1. The minimum atomic E-state index is 0.440. The molecule has 3 aromatic rings. The number of nitrogens with zero attached hydrogens (tertiary/aromatic N) is 3. The fraction of sp³-hybridized carbons (Fsp3) is 0.0769. The molecule has 0 saturated heterocycles. The monoisotopic (exact) mass is 274 g/mol. The third kappa shape index (κ3) is 2.20. The highest BCUT2D eigenvalue weighted by Crippen LogP contribution is 2.31. The molecule has 0 aliphatic carbocycles. The Labute approximate surface area is 114 Å². The molecule has 5 nitrogen and oxygen atoms in total. The van der Waals surface area contributed by atoms with Gasteiger partial charge in [0.2, 0.25) is 5.88 Å². The van der Waals surface area contributed by atoms with Crippen LogP contribution < -0.4 is 10.5 Å². The number of halogens is 1. The molecule has 96 valence electrons. The maximum Gasteiger partial charge on any atom is 0.245 e. The third-order valence-corrected chi connectivity index (χ3v) is 2.95. The molecule has 0 unspecified atom stereocenters. The van der Waals surface area contributed by atoms with E-state index in [0.717, 1.165) is 11.2 Å². The van der Waals surface area contributed by atoms with E-state index in [4.69, 9.17) is 22.1 Å².